The van der Waals surface area contributed by atoms with Crippen molar-refractivity contribution in [1.29, 1.82) is 0 Å². The van der Waals surface area contributed by atoms with Gasteiger partial charge in [0, 0.05) is 12.1 Å². The Morgan fingerprint density at radius 1 is 1.52 bits per heavy atom. The SMILES string of the molecule is C#CCN(CC(=O)O)C(=O)C(C)c1cccc([N+](=O)[O-])c1. The van der Waals surface area contributed by atoms with Gasteiger partial charge in [0.1, 0.15) is 6.54 Å². The van der Waals surface area contributed by atoms with Crippen molar-refractivity contribution < 1.29 is 19.6 Å². The quantitative estimate of drug-likeness (QED) is 0.482. The molecule has 0 heterocycles. The van der Waals surface area contributed by atoms with E-state index in [0.717, 1.165) is 4.90 Å². The molecule has 1 unspecified atom stereocenters. The van der Waals surface area contributed by atoms with Crippen LogP contribution in [0.1, 0.15) is 18.4 Å². The molecule has 21 heavy (non-hydrogen) atoms. The normalized spacial score (nSPS) is 11.2. The van der Waals surface area contributed by atoms with E-state index >= 15 is 0 Å². The molecule has 0 saturated heterocycles. The lowest BCUT2D eigenvalue weighted by atomic mass is 9.99. The minimum absolute atomic E-state index is 0.131. The van der Waals surface area contributed by atoms with Crippen molar-refractivity contribution in [2.45, 2.75) is 12.8 Å². The highest BCUT2D eigenvalue weighted by atomic mass is 16.6. The predicted octanol–water partition coefficient (Wildman–Crippen LogP) is 1.24. The number of benzene rings is 1. The zero-order valence-corrected chi connectivity index (χ0v) is 11.4. The van der Waals surface area contributed by atoms with Crippen molar-refractivity contribution in [3.8, 4) is 12.3 Å². The predicted molar refractivity (Wildman–Crippen MR) is 74.6 cm³/mol. The first-order valence-corrected chi connectivity index (χ1v) is 6.05. The van der Waals surface area contributed by atoms with Crippen LogP contribution in [0.2, 0.25) is 0 Å². The summed E-state index contributed by atoms with van der Waals surface area (Å²) in [5.41, 5.74) is 0.301. The molecule has 7 heteroatoms. The Morgan fingerprint density at radius 3 is 2.71 bits per heavy atom. The van der Waals surface area contributed by atoms with Crippen LogP contribution in [0.4, 0.5) is 5.69 Å². The summed E-state index contributed by atoms with van der Waals surface area (Å²) in [5, 5.41) is 19.5. The Morgan fingerprint density at radius 2 is 2.19 bits per heavy atom. The molecule has 0 aromatic heterocycles. The number of hydrogen-bond acceptors (Lipinski definition) is 4. The minimum Gasteiger partial charge on any atom is -0.480 e. The largest absolute Gasteiger partial charge is 0.480 e. The topological polar surface area (TPSA) is 101 Å². The van der Waals surface area contributed by atoms with Gasteiger partial charge < -0.3 is 10.0 Å². The summed E-state index contributed by atoms with van der Waals surface area (Å²) in [5.74, 6) is -0.167. The second-order valence-electron chi connectivity index (χ2n) is 4.37. The van der Waals surface area contributed by atoms with E-state index in [0.29, 0.717) is 5.56 Å². The van der Waals surface area contributed by atoms with Crippen LogP contribution in [0.3, 0.4) is 0 Å². The molecule has 0 fully saturated rings. The maximum absolute atomic E-state index is 12.2. The van der Waals surface area contributed by atoms with Gasteiger partial charge in [0.2, 0.25) is 5.91 Å². The van der Waals surface area contributed by atoms with Crippen LogP contribution in [0.25, 0.3) is 0 Å². The van der Waals surface area contributed by atoms with Crippen molar-refractivity contribution in [1.82, 2.24) is 4.90 Å². The van der Waals surface area contributed by atoms with Gasteiger partial charge in [-0.15, -0.1) is 6.42 Å². The molecule has 0 saturated carbocycles. The van der Waals surface area contributed by atoms with Gasteiger partial charge in [-0.2, -0.15) is 0 Å². The zero-order chi connectivity index (χ0) is 16.0. The first-order valence-electron chi connectivity index (χ1n) is 6.05. The fourth-order valence-corrected chi connectivity index (χ4v) is 1.81. The molecule has 1 atom stereocenters. The van der Waals surface area contributed by atoms with Crippen molar-refractivity contribution in [3.63, 3.8) is 0 Å². The molecule has 1 amide bonds. The lowest BCUT2D eigenvalue weighted by Crippen LogP contribution is -2.38. The first kappa shape index (κ1) is 16.2. The summed E-state index contributed by atoms with van der Waals surface area (Å²) in [6, 6.07) is 5.65. The average molecular weight is 290 g/mol. The summed E-state index contributed by atoms with van der Waals surface area (Å²) in [4.78, 5) is 34.2. The molecule has 0 aliphatic rings. The second kappa shape index (κ2) is 7.05. The molecule has 0 spiro atoms. The number of carbonyl (C=O) groups is 2. The van der Waals surface area contributed by atoms with Crippen LogP contribution >= 0.6 is 0 Å². The lowest BCUT2D eigenvalue weighted by Gasteiger charge is -2.22. The summed E-state index contributed by atoms with van der Waals surface area (Å²) >= 11 is 0. The third-order valence-corrected chi connectivity index (χ3v) is 2.87. The molecule has 0 aliphatic carbocycles. The fraction of sp³-hybridized carbons (Fsp3) is 0.286. The van der Waals surface area contributed by atoms with Crippen molar-refractivity contribution in [2.24, 2.45) is 0 Å². The number of carboxylic acid groups (broad SMARTS) is 1. The number of carboxylic acids is 1. The van der Waals surface area contributed by atoms with E-state index in [4.69, 9.17) is 11.5 Å². The number of terminal acetylenes is 1. The van der Waals surface area contributed by atoms with Crippen LogP contribution in [-0.2, 0) is 9.59 Å². The van der Waals surface area contributed by atoms with Crippen LogP contribution in [-0.4, -0.2) is 39.9 Å². The number of non-ortho nitro benzene ring substituents is 1. The van der Waals surface area contributed by atoms with E-state index in [1.165, 1.54) is 18.2 Å². The molecule has 1 aromatic carbocycles. The third-order valence-electron chi connectivity index (χ3n) is 2.87. The van der Waals surface area contributed by atoms with E-state index in [-0.39, 0.29) is 12.2 Å². The van der Waals surface area contributed by atoms with Gasteiger partial charge in [0.15, 0.2) is 0 Å². The smallest absolute Gasteiger partial charge is 0.323 e. The molecule has 0 bridgehead atoms. The summed E-state index contributed by atoms with van der Waals surface area (Å²) in [7, 11) is 0. The Balaban J connectivity index is 2.99. The summed E-state index contributed by atoms with van der Waals surface area (Å²) in [6.45, 7) is 0.902. The first-order chi connectivity index (χ1) is 9.86. The number of nitro groups is 1. The Hall–Kier alpha value is -2.88. The van der Waals surface area contributed by atoms with Gasteiger partial charge in [-0.1, -0.05) is 18.1 Å². The van der Waals surface area contributed by atoms with Crippen molar-refractivity contribution in [2.75, 3.05) is 13.1 Å². The lowest BCUT2D eigenvalue weighted by molar-refractivity contribution is -0.384. The average Bonchev–Trinajstić information content (AvgIpc) is 2.45. The molecule has 1 aromatic rings. The highest BCUT2D eigenvalue weighted by Crippen LogP contribution is 2.22. The van der Waals surface area contributed by atoms with Gasteiger partial charge in [-0.05, 0) is 12.5 Å². The van der Waals surface area contributed by atoms with Gasteiger partial charge in [-0.25, -0.2) is 0 Å². The Bertz CT molecular complexity index is 606. The number of rotatable bonds is 6. The molecule has 0 radical (unpaired) electrons. The summed E-state index contributed by atoms with van der Waals surface area (Å²) in [6.07, 6.45) is 5.12. The van der Waals surface area contributed by atoms with Crippen LogP contribution in [0.5, 0.6) is 0 Å². The van der Waals surface area contributed by atoms with Gasteiger partial charge >= 0.3 is 5.97 Å². The zero-order valence-electron chi connectivity index (χ0n) is 11.4. The van der Waals surface area contributed by atoms with E-state index < -0.39 is 29.3 Å². The molecular weight excluding hydrogens is 276 g/mol. The highest BCUT2D eigenvalue weighted by Gasteiger charge is 2.24. The standard InChI is InChI=1S/C14H14N2O5/c1-3-7-15(9-13(17)18)14(19)10(2)11-5-4-6-12(8-11)16(20)21/h1,4-6,8,10H,7,9H2,2H3,(H,17,18). The number of amides is 1. The fourth-order valence-electron chi connectivity index (χ4n) is 1.81. The molecule has 0 aliphatic heterocycles. The van der Waals surface area contributed by atoms with E-state index in [1.807, 2.05) is 0 Å². The van der Waals surface area contributed by atoms with Gasteiger partial charge in [0.25, 0.3) is 5.69 Å². The number of aliphatic carboxylic acids is 1. The van der Waals surface area contributed by atoms with E-state index in [9.17, 15) is 19.7 Å². The Kier molecular flexibility index (Phi) is 5.43. The minimum atomic E-state index is -1.18. The third kappa shape index (κ3) is 4.31. The number of carbonyl (C=O) groups excluding carboxylic acids is 1. The van der Waals surface area contributed by atoms with Crippen LogP contribution in [0, 0.1) is 22.5 Å². The van der Waals surface area contributed by atoms with Crippen molar-refractivity contribution >= 4 is 17.6 Å². The molecule has 1 rings (SSSR count). The molecule has 7 nitrogen and oxygen atoms in total. The highest BCUT2D eigenvalue weighted by molar-refractivity contribution is 5.86. The van der Waals surface area contributed by atoms with E-state index in [1.54, 1.807) is 13.0 Å². The van der Waals surface area contributed by atoms with E-state index in [2.05, 4.69) is 5.92 Å². The van der Waals surface area contributed by atoms with Crippen LogP contribution in [0.15, 0.2) is 24.3 Å². The molecular formula is C14H14N2O5. The van der Waals surface area contributed by atoms with Crippen molar-refractivity contribution in [3.05, 3.63) is 39.9 Å². The number of nitrogens with zero attached hydrogens (tertiary/aromatic N) is 2. The number of hydrogen-bond donors (Lipinski definition) is 1. The second-order valence-corrected chi connectivity index (χ2v) is 4.37. The van der Waals surface area contributed by atoms with Gasteiger partial charge in [0.05, 0.1) is 17.4 Å². The maximum Gasteiger partial charge on any atom is 0.323 e. The molecule has 110 valence electrons. The molecule has 1 N–H and O–H groups in total. The number of nitro benzene ring substituents is 1. The van der Waals surface area contributed by atoms with Crippen LogP contribution < -0.4 is 0 Å². The van der Waals surface area contributed by atoms with Gasteiger partial charge in [-0.3, -0.25) is 19.7 Å². The maximum atomic E-state index is 12.2. The Labute approximate surface area is 121 Å². The summed E-state index contributed by atoms with van der Waals surface area (Å²) < 4.78 is 0. The monoisotopic (exact) mass is 290 g/mol.